The number of halogens is 2. The number of hydrogen-bond acceptors (Lipinski definition) is 6. The molecule has 0 aliphatic heterocycles. The van der Waals surface area contributed by atoms with Crippen molar-refractivity contribution in [3.8, 4) is 22.5 Å². The van der Waals surface area contributed by atoms with Crippen molar-refractivity contribution in [2.45, 2.75) is 56.9 Å². The molecule has 2 fully saturated rings. The molecule has 3 aliphatic rings. The summed E-state index contributed by atoms with van der Waals surface area (Å²) in [6.45, 7) is 4.41. The molecule has 186 valence electrons. The molecule has 2 bridgehead atoms. The number of carbonyl (C=O) groups is 1. The Morgan fingerprint density at radius 2 is 1.81 bits per heavy atom. The first-order valence-corrected chi connectivity index (χ1v) is 12.5. The normalized spacial score (nSPS) is 23.8. The van der Waals surface area contributed by atoms with Crippen molar-refractivity contribution in [3.05, 3.63) is 77.6 Å². The lowest BCUT2D eigenvalue weighted by Gasteiger charge is -2.37. The summed E-state index contributed by atoms with van der Waals surface area (Å²) in [7, 11) is 0. The van der Waals surface area contributed by atoms with Gasteiger partial charge in [-0.25, -0.2) is 13.8 Å². The van der Waals surface area contributed by atoms with Crippen LogP contribution in [0.25, 0.3) is 22.5 Å². The van der Waals surface area contributed by atoms with Crippen LogP contribution in [0.15, 0.2) is 49.1 Å². The number of rotatable bonds is 4. The maximum absolute atomic E-state index is 14.5. The summed E-state index contributed by atoms with van der Waals surface area (Å²) in [4.78, 5) is 21.0. The molecular weight excluding hydrogens is 474 g/mol. The van der Waals surface area contributed by atoms with Gasteiger partial charge < -0.3 is 0 Å². The van der Waals surface area contributed by atoms with Crippen LogP contribution in [-0.2, 0) is 10.2 Å². The highest BCUT2D eigenvalue weighted by Crippen LogP contribution is 2.69. The van der Waals surface area contributed by atoms with Gasteiger partial charge in [0.15, 0.2) is 0 Å². The summed E-state index contributed by atoms with van der Waals surface area (Å²) in [5, 5.41) is 13.4. The molecule has 7 rings (SSSR count). The highest BCUT2D eigenvalue weighted by molar-refractivity contribution is 5.85. The van der Waals surface area contributed by atoms with Gasteiger partial charge in [-0.2, -0.15) is 10.2 Å². The van der Waals surface area contributed by atoms with Gasteiger partial charge in [-0.05, 0) is 47.9 Å². The Morgan fingerprint density at radius 3 is 2.57 bits per heavy atom. The van der Waals surface area contributed by atoms with Gasteiger partial charge in [0.1, 0.15) is 17.4 Å². The van der Waals surface area contributed by atoms with Gasteiger partial charge in [0, 0.05) is 30.8 Å². The Labute approximate surface area is 212 Å². The van der Waals surface area contributed by atoms with E-state index in [1.165, 1.54) is 18.2 Å². The van der Waals surface area contributed by atoms with Crippen molar-refractivity contribution >= 4 is 5.78 Å². The summed E-state index contributed by atoms with van der Waals surface area (Å²) < 4.78 is 30.9. The van der Waals surface area contributed by atoms with Crippen molar-refractivity contribution in [1.82, 2.24) is 29.9 Å². The van der Waals surface area contributed by atoms with Gasteiger partial charge in [0.05, 0.1) is 52.2 Å². The van der Waals surface area contributed by atoms with E-state index in [9.17, 15) is 13.6 Å². The summed E-state index contributed by atoms with van der Waals surface area (Å²) >= 11 is 0. The van der Waals surface area contributed by atoms with Crippen molar-refractivity contribution in [3.63, 3.8) is 0 Å². The number of nitrogens with zero attached hydrogens (tertiary/aromatic N) is 6. The van der Waals surface area contributed by atoms with Gasteiger partial charge in [-0.15, -0.1) is 5.10 Å². The minimum absolute atomic E-state index is 0.107. The second-order valence-corrected chi connectivity index (χ2v) is 10.9. The fourth-order valence-electron chi connectivity index (χ4n) is 6.79. The number of fused-ring (bicyclic) bond motifs is 5. The molecule has 9 heteroatoms. The molecule has 7 nitrogen and oxygen atoms in total. The molecule has 0 N–H and O–H groups in total. The van der Waals surface area contributed by atoms with Gasteiger partial charge in [-0.1, -0.05) is 19.9 Å². The van der Waals surface area contributed by atoms with Crippen LogP contribution in [0.1, 0.15) is 68.4 Å². The minimum atomic E-state index is -0.656. The molecule has 1 aromatic carbocycles. The van der Waals surface area contributed by atoms with Crippen LogP contribution < -0.4 is 0 Å². The van der Waals surface area contributed by atoms with E-state index in [4.69, 9.17) is 4.98 Å². The van der Waals surface area contributed by atoms with E-state index >= 15 is 0 Å². The molecule has 37 heavy (non-hydrogen) atoms. The molecule has 0 unspecified atom stereocenters. The molecule has 0 amide bonds. The average molecular weight is 499 g/mol. The maximum atomic E-state index is 14.5. The van der Waals surface area contributed by atoms with Crippen LogP contribution in [0.2, 0.25) is 0 Å². The third-order valence-corrected chi connectivity index (χ3v) is 8.87. The smallest absolute Gasteiger partial charge is 0.137 e. The largest absolute Gasteiger partial charge is 0.300 e. The van der Waals surface area contributed by atoms with Crippen LogP contribution >= 0.6 is 0 Å². The summed E-state index contributed by atoms with van der Waals surface area (Å²) in [5.74, 6) is -0.910. The Kier molecular flexibility index (Phi) is 4.57. The first-order valence-electron chi connectivity index (χ1n) is 12.5. The van der Waals surface area contributed by atoms with Crippen molar-refractivity contribution in [1.29, 1.82) is 0 Å². The molecule has 0 radical (unpaired) electrons. The van der Waals surface area contributed by atoms with E-state index in [-0.39, 0.29) is 34.4 Å². The average Bonchev–Trinajstić information content (AvgIpc) is 3.50. The maximum Gasteiger partial charge on any atom is 0.137 e. The second kappa shape index (κ2) is 7.57. The van der Waals surface area contributed by atoms with Gasteiger partial charge in [0.25, 0.3) is 0 Å². The minimum Gasteiger partial charge on any atom is -0.300 e. The molecular formula is C28H24F2N6O. The quantitative estimate of drug-likeness (QED) is 0.385. The lowest BCUT2D eigenvalue weighted by molar-refractivity contribution is -0.126. The van der Waals surface area contributed by atoms with Crippen LogP contribution in [0.5, 0.6) is 0 Å². The monoisotopic (exact) mass is 498 g/mol. The number of Topliss-reactive ketones (excluding diaryl/α,β-unsaturated/α-hetero) is 1. The number of hydrogen-bond donors (Lipinski definition) is 0. The third-order valence-electron chi connectivity index (χ3n) is 8.87. The van der Waals surface area contributed by atoms with Crippen LogP contribution in [0.3, 0.4) is 0 Å². The molecule has 2 saturated carbocycles. The van der Waals surface area contributed by atoms with Gasteiger partial charge >= 0.3 is 0 Å². The van der Waals surface area contributed by atoms with Crippen LogP contribution in [-0.4, -0.2) is 35.7 Å². The zero-order valence-corrected chi connectivity index (χ0v) is 20.4. The lowest BCUT2D eigenvalue weighted by atomic mass is 9.66. The number of aromatic nitrogens is 6. The van der Waals surface area contributed by atoms with E-state index in [0.29, 0.717) is 18.5 Å². The predicted octanol–water partition coefficient (Wildman–Crippen LogP) is 5.18. The van der Waals surface area contributed by atoms with Gasteiger partial charge in [-0.3, -0.25) is 14.5 Å². The summed E-state index contributed by atoms with van der Waals surface area (Å²) in [5.41, 5.74) is 3.41. The van der Waals surface area contributed by atoms with Crippen LogP contribution in [0.4, 0.5) is 8.78 Å². The zero-order chi connectivity index (χ0) is 25.5. The standard InChI is InChI=1S/C28H24F2N6O/c1-27(2)19-6-7-28(27,26-18(19)10-22(34-35-26)25-20(29)4-3-5-21(25)30)24-13-31-12-23(33-24)15-11-32-36(14-15)16-8-17(37)9-16/h3-5,10-14,16,19H,6-9H2,1-2H3/t19-,28-/m0/s1. The molecule has 3 heterocycles. The van der Waals surface area contributed by atoms with E-state index < -0.39 is 17.0 Å². The predicted molar refractivity (Wildman–Crippen MR) is 130 cm³/mol. The molecule has 4 aromatic rings. The fraction of sp³-hybridized carbons (Fsp3) is 0.357. The Bertz CT molecular complexity index is 1570. The summed E-state index contributed by atoms with van der Waals surface area (Å²) in [6, 6.07) is 5.72. The van der Waals surface area contributed by atoms with Crippen molar-refractivity contribution in [2.75, 3.05) is 0 Å². The SMILES string of the molecule is CC1(C)[C@H]2CC[C@]1(c1cncc(-c3cnn(C4CC(=O)C4)c3)n1)c1nnc(-c3c(F)cccc3F)cc12. The van der Waals surface area contributed by atoms with E-state index in [1.807, 2.05) is 10.9 Å². The third kappa shape index (κ3) is 2.97. The highest BCUT2D eigenvalue weighted by atomic mass is 19.1. The molecule has 3 aliphatic carbocycles. The molecule has 3 aromatic heterocycles. The fourth-order valence-corrected chi connectivity index (χ4v) is 6.79. The zero-order valence-electron chi connectivity index (χ0n) is 20.4. The number of benzene rings is 1. The first kappa shape index (κ1) is 22.3. The van der Waals surface area contributed by atoms with Gasteiger partial charge in [0.2, 0.25) is 0 Å². The highest BCUT2D eigenvalue weighted by Gasteiger charge is 2.65. The topological polar surface area (TPSA) is 86.5 Å². The second-order valence-electron chi connectivity index (χ2n) is 10.9. The Balaban J connectivity index is 1.32. The van der Waals surface area contributed by atoms with Crippen molar-refractivity contribution < 1.29 is 13.6 Å². The first-order chi connectivity index (χ1) is 17.8. The molecule has 0 saturated heterocycles. The number of ketones is 1. The lowest BCUT2D eigenvalue weighted by Crippen LogP contribution is -2.38. The summed E-state index contributed by atoms with van der Waals surface area (Å²) in [6.07, 6.45) is 9.96. The van der Waals surface area contributed by atoms with E-state index in [1.54, 1.807) is 24.7 Å². The van der Waals surface area contributed by atoms with Crippen molar-refractivity contribution in [2.24, 2.45) is 5.41 Å². The molecule has 2 atom stereocenters. The Morgan fingerprint density at radius 1 is 1.03 bits per heavy atom. The van der Waals surface area contributed by atoms with E-state index in [0.717, 1.165) is 35.4 Å². The number of carbonyl (C=O) groups excluding carboxylic acids is 1. The van der Waals surface area contributed by atoms with E-state index in [2.05, 4.69) is 34.1 Å². The Hall–Kier alpha value is -3.88. The molecule has 0 spiro atoms. The van der Waals surface area contributed by atoms with Crippen LogP contribution in [0, 0.1) is 17.0 Å².